The van der Waals surface area contributed by atoms with E-state index in [4.69, 9.17) is 0 Å². The quantitative estimate of drug-likeness (QED) is 0.794. The van der Waals surface area contributed by atoms with Crippen molar-refractivity contribution < 1.29 is 0 Å². The fraction of sp³-hybridized carbons (Fsp3) is 0.824. The van der Waals surface area contributed by atoms with Gasteiger partial charge in [-0.25, -0.2) is 0 Å². The first-order valence-electron chi connectivity index (χ1n) is 8.76. The Balaban J connectivity index is 1.79. The zero-order valence-corrected chi connectivity index (χ0v) is 14.0. The van der Waals surface area contributed by atoms with E-state index in [1.165, 1.54) is 37.8 Å². The van der Waals surface area contributed by atoms with Crippen LogP contribution in [0.3, 0.4) is 0 Å². The maximum atomic E-state index is 4.49. The summed E-state index contributed by atoms with van der Waals surface area (Å²) in [5.41, 5.74) is 1.19. The molecule has 0 bridgehead atoms. The van der Waals surface area contributed by atoms with Gasteiger partial charge in [-0.05, 0) is 31.8 Å². The lowest BCUT2D eigenvalue weighted by molar-refractivity contribution is 0.285. The Morgan fingerprint density at radius 3 is 2.81 bits per heavy atom. The van der Waals surface area contributed by atoms with Gasteiger partial charge in [0.05, 0.1) is 18.4 Å². The summed E-state index contributed by atoms with van der Waals surface area (Å²) in [7, 11) is 0. The molecule has 1 fully saturated rings. The van der Waals surface area contributed by atoms with Gasteiger partial charge in [-0.1, -0.05) is 40.0 Å². The van der Waals surface area contributed by atoms with E-state index in [1.54, 1.807) is 0 Å². The number of rotatable bonds is 8. The first-order chi connectivity index (χ1) is 10.2. The zero-order chi connectivity index (χ0) is 15.1. The second-order valence-electron chi connectivity index (χ2n) is 6.30. The van der Waals surface area contributed by atoms with Crippen molar-refractivity contribution in [1.82, 2.24) is 14.7 Å². The lowest BCUT2D eigenvalue weighted by Gasteiger charge is -2.29. The molecule has 1 aromatic rings. The average molecular weight is 292 g/mol. The molecule has 2 unspecified atom stereocenters. The van der Waals surface area contributed by atoms with Crippen molar-refractivity contribution in [2.45, 2.75) is 65.5 Å². The van der Waals surface area contributed by atoms with Gasteiger partial charge in [0.1, 0.15) is 0 Å². The van der Waals surface area contributed by atoms with E-state index in [1.807, 2.05) is 6.20 Å². The fourth-order valence-corrected chi connectivity index (χ4v) is 3.37. The SMILES string of the molecule is CCC1CCCC(Nc2cnn(CCN(CC)CC)c2)C1. The van der Waals surface area contributed by atoms with Gasteiger partial charge in [0.15, 0.2) is 0 Å². The molecule has 4 heteroatoms. The van der Waals surface area contributed by atoms with Gasteiger partial charge in [0.2, 0.25) is 0 Å². The third-order valence-electron chi connectivity index (χ3n) is 4.90. The van der Waals surface area contributed by atoms with Crippen LogP contribution in [0.4, 0.5) is 5.69 Å². The summed E-state index contributed by atoms with van der Waals surface area (Å²) in [5.74, 6) is 0.911. The Labute approximate surface area is 129 Å². The predicted octanol–water partition coefficient (Wildman–Crippen LogP) is 3.61. The van der Waals surface area contributed by atoms with Gasteiger partial charge in [-0.3, -0.25) is 4.68 Å². The normalized spacial score (nSPS) is 22.7. The summed E-state index contributed by atoms with van der Waals surface area (Å²) in [6.07, 6.45) is 10.9. The number of nitrogens with zero attached hydrogens (tertiary/aromatic N) is 3. The van der Waals surface area contributed by atoms with Gasteiger partial charge in [-0.2, -0.15) is 5.10 Å². The van der Waals surface area contributed by atoms with E-state index in [0.717, 1.165) is 32.1 Å². The third kappa shape index (κ3) is 5.03. The molecule has 1 N–H and O–H groups in total. The smallest absolute Gasteiger partial charge is 0.0728 e. The molecule has 0 radical (unpaired) electrons. The molecule has 0 aromatic carbocycles. The van der Waals surface area contributed by atoms with Crippen LogP contribution in [-0.2, 0) is 6.54 Å². The highest BCUT2D eigenvalue weighted by atomic mass is 15.3. The van der Waals surface area contributed by atoms with Gasteiger partial charge >= 0.3 is 0 Å². The van der Waals surface area contributed by atoms with Crippen molar-refractivity contribution in [3.8, 4) is 0 Å². The van der Waals surface area contributed by atoms with Crippen molar-refractivity contribution in [3.05, 3.63) is 12.4 Å². The standard InChI is InChI=1S/C17H32N4/c1-4-15-8-7-9-16(12-15)19-17-13-18-21(14-17)11-10-20(5-2)6-3/h13-16,19H,4-12H2,1-3H3. The summed E-state index contributed by atoms with van der Waals surface area (Å²) in [4.78, 5) is 2.43. The van der Waals surface area contributed by atoms with Crippen molar-refractivity contribution in [3.63, 3.8) is 0 Å². The van der Waals surface area contributed by atoms with E-state index in [2.05, 4.69) is 47.0 Å². The Morgan fingerprint density at radius 1 is 1.29 bits per heavy atom. The van der Waals surface area contributed by atoms with Crippen LogP contribution in [0.5, 0.6) is 0 Å². The Morgan fingerprint density at radius 2 is 2.10 bits per heavy atom. The molecule has 120 valence electrons. The predicted molar refractivity (Wildman–Crippen MR) is 89.7 cm³/mol. The van der Waals surface area contributed by atoms with Crippen LogP contribution in [0.2, 0.25) is 0 Å². The largest absolute Gasteiger partial charge is 0.380 e. The van der Waals surface area contributed by atoms with Crippen LogP contribution in [0.15, 0.2) is 12.4 Å². The second kappa shape index (κ2) is 8.42. The molecule has 0 spiro atoms. The number of aromatic nitrogens is 2. The van der Waals surface area contributed by atoms with Crippen molar-refractivity contribution in [2.24, 2.45) is 5.92 Å². The summed E-state index contributed by atoms with van der Waals surface area (Å²) in [5, 5.41) is 8.17. The van der Waals surface area contributed by atoms with Gasteiger partial charge < -0.3 is 10.2 Å². The highest BCUT2D eigenvalue weighted by Crippen LogP contribution is 2.28. The number of nitrogens with one attached hydrogen (secondary N) is 1. The number of anilines is 1. The van der Waals surface area contributed by atoms with Crippen molar-refractivity contribution in [1.29, 1.82) is 0 Å². The molecule has 1 aliphatic carbocycles. The monoisotopic (exact) mass is 292 g/mol. The Bertz CT molecular complexity index is 397. The molecule has 1 saturated carbocycles. The summed E-state index contributed by atoms with van der Waals surface area (Å²) in [6, 6.07) is 0.643. The minimum atomic E-state index is 0.643. The summed E-state index contributed by atoms with van der Waals surface area (Å²) in [6.45, 7) is 11.0. The topological polar surface area (TPSA) is 33.1 Å². The molecule has 0 saturated heterocycles. The minimum absolute atomic E-state index is 0.643. The van der Waals surface area contributed by atoms with Crippen molar-refractivity contribution >= 4 is 5.69 Å². The first kappa shape index (κ1) is 16.3. The molecule has 4 nitrogen and oxygen atoms in total. The maximum absolute atomic E-state index is 4.49. The number of hydrogen-bond acceptors (Lipinski definition) is 3. The van der Waals surface area contributed by atoms with Crippen molar-refractivity contribution in [2.75, 3.05) is 25.0 Å². The highest BCUT2D eigenvalue weighted by molar-refractivity contribution is 5.39. The molecular formula is C17H32N4. The highest BCUT2D eigenvalue weighted by Gasteiger charge is 2.20. The molecule has 1 heterocycles. The molecular weight excluding hydrogens is 260 g/mol. The summed E-state index contributed by atoms with van der Waals surface area (Å²) < 4.78 is 2.07. The lowest BCUT2D eigenvalue weighted by Crippen LogP contribution is -2.27. The first-order valence-corrected chi connectivity index (χ1v) is 8.76. The molecule has 2 atom stereocenters. The lowest BCUT2D eigenvalue weighted by atomic mass is 9.84. The molecule has 0 aliphatic heterocycles. The number of likely N-dealkylation sites (N-methyl/N-ethyl adjacent to an activating group) is 1. The molecule has 21 heavy (non-hydrogen) atoms. The third-order valence-corrected chi connectivity index (χ3v) is 4.90. The molecule has 0 amide bonds. The number of hydrogen-bond donors (Lipinski definition) is 1. The van der Waals surface area contributed by atoms with E-state index in [0.29, 0.717) is 6.04 Å². The van der Waals surface area contributed by atoms with Crippen LogP contribution < -0.4 is 5.32 Å². The van der Waals surface area contributed by atoms with Gasteiger partial charge in [-0.15, -0.1) is 0 Å². The fourth-order valence-electron chi connectivity index (χ4n) is 3.37. The zero-order valence-electron chi connectivity index (χ0n) is 14.0. The van der Waals surface area contributed by atoms with E-state index >= 15 is 0 Å². The van der Waals surface area contributed by atoms with E-state index in [-0.39, 0.29) is 0 Å². The van der Waals surface area contributed by atoms with Crippen LogP contribution in [0.1, 0.15) is 52.9 Å². The van der Waals surface area contributed by atoms with Crippen LogP contribution >= 0.6 is 0 Å². The Hall–Kier alpha value is -1.03. The molecule has 1 aliphatic rings. The van der Waals surface area contributed by atoms with Crippen LogP contribution in [-0.4, -0.2) is 40.4 Å². The molecule has 1 aromatic heterocycles. The van der Waals surface area contributed by atoms with Gasteiger partial charge in [0.25, 0.3) is 0 Å². The van der Waals surface area contributed by atoms with E-state index in [9.17, 15) is 0 Å². The van der Waals surface area contributed by atoms with E-state index < -0.39 is 0 Å². The Kier molecular flexibility index (Phi) is 6.55. The summed E-state index contributed by atoms with van der Waals surface area (Å²) >= 11 is 0. The van der Waals surface area contributed by atoms with Crippen LogP contribution in [0.25, 0.3) is 0 Å². The van der Waals surface area contributed by atoms with Crippen LogP contribution in [0, 0.1) is 5.92 Å². The molecule has 2 rings (SSSR count). The minimum Gasteiger partial charge on any atom is -0.380 e. The second-order valence-corrected chi connectivity index (χ2v) is 6.30. The average Bonchev–Trinajstić information content (AvgIpc) is 2.96. The maximum Gasteiger partial charge on any atom is 0.0728 e. The van der Waals surface area contributed by atoms with Gasteiger partial charge in [0, 0.05) is 18.8 Å².